The molecule has 3 aliphatic rings. The van der Waals surface area contributed by atoms with Crippen LogP contribution in [0, 0.1) is 11.7 Å². The summed E-state index contributed by atoms with van der Waals surface area (Å²) in [7, 11) is 0. The number of carbonyl (C=O) groups excluding carboxylic acids is 2. The summed E-state index contributed by atoms with van der Waals surface area (Å²) in [6, 6.07) is 5.52. The van der Waals surface area contributed by atoms with Crippen molar-refractivity contribution in [3.63, 3.8) is 0 Å². The van der Waals surface area contributed by atoms with Crippen LogP contribution in [0.4, 0.5) is 4.39 Å². The molecule has 1 saturated heterocycles. The van der Waals surface area contributed by atoms with Crippen molar-refractivity contribution in [2.75, 3.05) is 5.75 Å². The van der Waals surface area contributed by atoms with Gasteiger partial charge in [0.05, 0.1) is 5.37 Å². The van der Waals surface area contributed by atoms with Crippen molar-refractivity contribution in [1.29, 1.82) is 0 Å². The van der Waals surface area contributed by atoms with Gasteiger partial charge in [0.1, 0.15) is 11.9 Å². The Bertz CT molecular complexity index is 671. The molecule has 1 N–H and O–H groups in total. The second-order valence-corrected chi connectivity index (χ2v) is 8.79. The Kier molecular flexibility index (Phi) is 5.20. The van der Waals surface area contributed by atoms with Crippen LogP contribution in [0.3, 0.4) is 0 Å². The molecule has 4 nitrogen and oxygen atoms in total. The van der Waals surface area contributed by atoms with E-state index in [1.54, 1.807) is 16.7 Å². The van der Waals surface area contributed by atoms with Crippen LogP contribution in [0.25, 0.3) is 0 Å². The van der Waals surface area contributed by atoms with Gasteiger partial charge in [-0.1, -0.05) is 19.3 Å². The average molecular weight is 376 g/mol. The molecule has 2 amide bonds. The number of thioether (sulfide) groups is 1. The van der Waals surface area contributed by atoms with Crippen molar-refractivity contribution in [3.05, 3.63) is 35.6 Å². The fourth-order valence-corrected chi connectivity index (χ4v) is 5.67. The summed E-state index contributed by atoms with van der Waals surface area (Å²) in [6.07, 6.45) is 7.93. The van der Waals surface area contributed by atoms with Crippen LogP contribution in [0.2, 0.25) is 0 Å². The van der Waals surface area contributed by atoms with Crippen molar-refractivity contribution in [2.45, 2.75) is 62.4 Å². The third kappa shape index (κ3) is 3.75. The number of amides is 2. The first-order chi connectivity index (χ1) is 12.6. The minimum atomic E-state index is -0.426. The lowest BCUT2D eigenvalue weighted by atomic mass is 9.88. The first kappa shape index (κ1) is 17.8. The molecule has 1 aliphatic heterocycles. The third-order valence-electron chi connectivity index (χ3n) is 5.64. The molecule has 3 fully saturated rings. The fraction of sp³-hybridized carbons (Fsp3) is 0.600. The standard InChI is InChI=1S/C20H25FN2O2S/c21-15-8-6-13(7-9-15)19(25)23-17(18(24)22-16-10-11-16)12-26-20(23)14-4-2-1-3-5-14/h6-9,14,16-17,20H,1-5,10-12H2,(H,22,24)/t17-,20-/m0/s1. The van der Waals surface area contributed by atoms with Crippen molar-refractivity contribution >= 4 is 23.6 Å². The van der Waals surface area contributed by atoms with Gasteiger partial charge in [0.2, 0.25) is 5.91 Å². The molecule has 1 heterocycles. The van der Waals surface area contributed by atoms with Crippen LogP contribution >= 0.6 is 11.8 Å². The zero-order chi connectivity index (χ0) is 18.1. The van der Waals surface area contributed by atoms with Crippen LogP contribution in [0.15, 0.2) is 24.3 Å². The topological polar surface area (TPSA) is 49.4 Å². The maximum Gasteiger partial charge on any atom is 0.255 e. The van der Waals surface area contributed by atoms with Crippen molar-refractivity contribution in [3.8, 4) is 0 Å². The summed E-state index contributed by atoms with van der Waals surface area (Å²) in [6.45, 7) is 0. The van der Waals surface area contributed by atoms with E-state index in [1.165, 1.54) is 43.5 Å². The van der Waals surface area contributed by atoms with Gasteiger partial charge < -0.3 is 10.2 Å². The molecule has 140 valence electrons. The van der Waals surface area contributed by atoms with Crippen LogP contribution in [0.5, 0.6) is 0 Å². The second-order valence-electron chi connectivity index (χ2n) is 7.64. The van der Waals surface area contributed by atoms with Gasteiger partial charge in [-0.25, -0.2) is 4.39 Å². The number of carbonyl (C=O) groups is 2. The highest BCUT2D eigenvalue weighted by Gasteiger charge is 2.45. The van der Waals surface area contributed by atoms with Crippen LogP contribution < -0.4 is 5.32 Å². The first-order valence-corrected chi connectivity index (χ1v) is 10.7. The van der Waals surface area contributed by atoms with Gasteiger partial charge >= 0.3 is 0 Å². The molecule has 2 aliphatic carbocycles. The number of nitrogens with zero attached hydrogens (tertiary/aromatic N) is 1. The van der Waals surface area contributed by atoms with Gasteiger partial charge in [-0.2, -0.15) is 0 Å². The smallest absolute Gasteiger partial charge is 0.255 e. The zero-order valence-corrected chi connectivity index (χ0v) is 15.6. The summed E-state index contributed by atoms with van der Waals surface area (Å²) in [4.78, 5) is 27.8. The molecule has 0 aromatic heterocycles. The molecular weight excluding hydrogens is 351 g/mol. The van der Waals surface area contributed by atoms with E-state index in [2.05, 4.69) is 5.32 Å². The predicted octanol–water partition coefficient (Wildman–Crippen LogP) is 3.57. The molecule has 26 heavy (non-hydrogen) atoms. The lowest BCUT2D eigenvalue weighted by Crippen LogP contribution is -2.51. The normalized spacial score (nSPS) is 26.7. The van der Waals surface area contributed by atoms with Crippen LogP contribution in [-0.2, 0) is 4.79 Å². The van der Waals surface area contributed by atoms with Gasteiger partial charge in [0, 0.05) is 17.4 Å². The van der Waals surface area contributed by atoms with E-state index in [-0.39, 0.29) is 29.0 Å². The van der Waals surface area contributed by atoms with Crippen LogP contribution in [0.1, 0.15) is 55.3 Å². The summed E-state index contributed by atoms with van der Waals surface area (Å²) in [5, 5.41) is 3.10. The third-order valence-corrected chi connectivity index (χ3v) is 7.10. The summed E-state index contributed by atoms with van der Waals surface area (Å²) in [5.41, 5.74) is 0.457. The number of benzene rings is 1. The first-order valence-electron chi connectivity index (χ1n) is 9.63. The number of halogens is 1. The molecule has 1 aromatic carbocycles. The molecule has 0 bridgehead atoms. The van der Waals surface area contributed by atoms with Crippen LogP contribution in [-0.4, -0.2) is 39.9 Å². The lowest BCUT2D eigenvalue weighted by Gasteiger charge is -2.35. The number of rotatable bonds is 4. The molecule has 1 aromatic rings. The Balaban J connectivity index is 1.58. The maximum atomic E-state index is 13.3. The van der Waals surface area contributed by atoms with E-state index in [4.69, 9.17) is 0 Å². The van der Waals surface area contributed by atoms with E-state index in [1.807, 2.05) is 0 Å². The Hall–Kier alpha value is -1.56. The van der Waals surface area contributed by atoms with Gasteiger partial charge in [-0.05, 0) is 55.9 Å². The van der Waals surface area contributed by atoms with Gasteiger partial charge in [-0.15, -0.1) is 11.8 Å². The highest BCUT2D eigenvalue weighted by Crippen LogP contribution is 2.41. The summed E-state index contributed by atoms with van der Waals surface area (Å²) < 4.78 is 13.3. The fourth-order valence-electron chi connectivity index (χ4n) is 4.04. The van der Waals surface area contributed by atoms with E-state index < -0.39 is 6.04 Å². The minimum absolute atomic E-state index is 0.0335. The largest absolute Gasteiger partial charge is 0.352 e. The summed E-state index contributed by atoms with van der Waals surface area (Å²) >= 11 is 1.74. The van der Waals surface area contributed by atoms with Gasteiger partial charge in [0.25, 0.3) is 5.91 Å². The molecular formula is C20H25FN2O2S. The van der Waals surface area contributed by atoms with E-state index in [0.717, 1.165) is 25.7 Å². The number of nitrogens with one attached hydrogen (secondary N) is 1. The quantitative estimate of drug-likeness (QED) is 0.874. The van der Waals surface area contributed by atoms with E-state index >= 15 is 0 Å². The molecule has 4 rings (SSSR count). The predicted molar refractivity (Wildman–Crippen MR) is 100 cm³/mol. The Morgan fingerprint density at radius 2 is 1.73 bits per heavy atom. The van der Waals surface area contributed by atoms with Crippen molar-refractivity contribution < 1.29 is 14.0 Å². The molecule has 2 saturated carbocycles. The van der Waals surface area contributed by atoms with Crippen molar-refractivity contribution in [1.82, 2.24) is 10.2 Å². The van der Waals surface area contributed by atoms with Gasteiger partial charge in [0.15, 0.2) is 0 Å². The van der Waals surface area contributed by atoms with E-state index in [0.29, 0.717) is 17.2 Å². The van der Waals surface area contributed by atoms with Gasteiger partial charge in [-0.3, -0.25) is 9.59 Å². The number of hydrogen-bond donors (Lipinski definition) is 1. The highest BCUT2D eigenvalue weighted by atomic mass is 32.2. The summed E-state index contributed by atoms with van der Waals surface area (Å²) in [5.74, 6) is 0.545. The maximum absolute atomic E-state index is 13.3. The molecule has 6 heteroatoms. The molecule has 2 atom stereocenters. The number of hydrogen-bond acceptors (Lipinski definition) is 3. The van der Waals surface area contributed by atoms with Crippen molar-refractivity contribution in [2.24, 2.45) is 5.92 Å². The Labute approximate surface area is 157 Å². The zero-order valence-electron chi connectivity index (χ0n) is 14.8. The Morgan fingerprint density at radius 1 is 1.04 bits per heavy atom. The molecule has 0 unspecified atom stereocenters. The Morgan fingerprint density at radius 3 is 2.38 bits per heavy atom. The second kappa shape index (κ2) is 7.59. The van der Waals surface area contributed by atoms with E-state index in [9.17, 15) is 14.0 Å². The average Bonchev–Trinajstić information content (AvgIpc) is 3.36. The molecule has 0 spiro atoms. The highest BCUT2D eigenvalue weighted by molar-refractivity contribution is 8.00. The minimum Gasteiger partial charge on any atom is -0.352 e. The monoisotopic (exact) mass is 376 g/mol. The SMILES string of the molecule is O=C(NC1CC1)[C@@H]1CS[C@@H](C2CCCCC2)N1C(=O)c1ccc(F)cc1. The molecule has 0 radical (unpaired) electrons. The lowest BCUT2D eigenvalue weighted by molar-refractivity contribution is -0.125.